The van der Waals surface area contributed by atoms with Crippen molar-refractivity contribution in [3.05, 3.63) is 75.8 Å². The highest BCUT2D eigenvalue weighted by molar-refractivity contribution is 7.12. The maximum Gasteiger partial charge on any atom is 0.157 e. The van der Waals surface area contributed by atoms with E-state index in [9.17, 15) is 9.50 Å². The smallest absolute Gasteiger partial charge is 0.157 e. The molecule has 0 aliphatic rings. The minimum atomic E-state index is -0.801. The van der Waals surface area contributed by atoms with E-state index in [2.05, 4.69) is 15.2 Å². The van der Waals surface area contributed by atoms with Gasteiger partial charge in [0.25, 0.3) is 0 Å². The summed E-state index contributed by atoms with van der Waals surface area (Å²) >= 11 is 1.63. The van der Waals surface area contributed by atoms with Crippen molar-refractivity contribution in [2.45, 2.75) is 12.5 Å². The van der Waals surface area contributed by atoms with Gasteiger partial charge in [0.15, 0.2) is 5.82 Å². The van der Waals surface area contributed by atoms with E-state index in [-0.39, 0.29) is 5.82 Å². The molecule has 22 heavy (non-hydrogen) atoms. The number of aliphatic hydroxyl groups is 1. The maximum absolute atomic E-state index is 12.9. The highest BCUT2D eigenvalue weighted by Crippen LogP contribution is 2.22. The Morgan fingerprint density at radius 1 is 1.23 bits per heavy atom. The molecule has 1 unspecified atom stereocenters. The zero-order valence-corrected chi connectivity index (χ0v) is 12.4. The van der Waals surface area contributed by atoms with Gasteiger partial charge in [-0.25, -0.2) is 9.37 Å². The van der Waals surface area contributed by atoms with E-state index in [4.69, 9.17) is 0 Å². The zero-order chi connectivity index (χ0) is 15.4. The molecule has 0 aliphatic carbocycles. The number of H-pyrrole nitrogens is 1. The monoisotopic (exact) mass is 315 g/mol. The van der Waals surface area contributed by atoms with Crippen molar-refractivity contribution in [1.82, 2.24) is 15.2 Å². The second-order valence-electron chi connectivity index (χ2n) is 4.78. The summed E-state index contributed by atoms with van der Waals surface area (Å²) in [6.07, 6.45) is 4.84. The Morgan fingerprint density at radius 3 is 2.77 bits per heavy atom. The number of thiophene rings is 1. The lowest BCUT2D eigenvalue weighted by atomic mass is 10.1. The molecule has 1 atom stereocenters. The number of aliphatic hydroxyl groups excluding tert-OH is 1. The Morgan fingerprint density at radius 2 is 2.05 bits per heavy atom. The Bertz CT molecular complexity index is 750. The molecule has 0 fully saturated rings. The van der Waals surface area contributed by atoms with E-state index in [1.807, 2.05) is 18.2 Å². The van der Waals surface area contributed by atoms with Crippen molar-refractivity contribution >= 4 is 17.4 Å². The van der Waals surface area contributed by atoms with Crippen LogP contribution < -0.4 is 0 Å². The molecule has 0 saturated carbocycles. The van der Waals surface area contributed by atoms with Crippen LogP contribution in [0.4, 0.5) is 4.39 Å². The molecule has 2 heterocycles. The first kappa shape index (κ1) is 14.6. The highest BCUT2D eigenvalue weighted by atomic mass is 32.1. The van der Waals surface area contributed by atoms with Gasteiger partial charge in [0.1, 0.15) is 18.2 Å². The van der Waals surface area contributed by atoms with Crippen LogP contribution in [0.2, 0.25) is 0 Å². The molecule has 0 radical (unpaired) electrons. The standard InChI is InChI=1S/C16H14FN3OS/c17-12-3-1-11(2-4-12)9-14-6-5-13(22-14)7-8-15(21)16-18-10-19-20-16/h1-8,10,15,21H,9H2,(H,18,19,20). The van der Waals surface area contributed by atoms with Gasteiger partial charge in [-0.3, -0.25) is 5.10 Å². The van der Waals surface area contributed by atoms with Gasteiger partial charge < -0.3 is 5.11 Å². The summed E-state index contributed by atoms with van der Waals surface area (Å²) in [6.45, 7) is 0. The van der Waals surface area contributed by atoms with Crippen LogP contribution >= 0.6 is 11.3 Å². The lowest BCUT2D eigenvalue weighted by molar-refractivity contribution is 0.219. The molecule has 0 aliphatic heterocycles. The van der Waals surface area contributed by atoms with E-state index in [0.29, 0.717) is 5.82 Å². The fourth-order valence-electron chi connectivity index (χ4n) is 2.02. The number of aromatic amines is 1. The van der Waals surface area contributed by atoms with Gasteiger partial charge in [-0.15, -0.1) is 11.3 Å². The van der Waals surface area contributed by atoms with Crippen molar-refractivity contribution in [3.8, 4) is 0 Å². The minimum Gasteiger partial charge on any atom is -0.381 e. The average molecular weight is 315 g/mol. The summed E-state index contributed by atoms with van der Waals surface area (Å²) in [7, 11) is 0. The van der Waals surface area contributed by atoms with Crippen LogP contribution in [-0.2, 0) is 6.42 Å². The number of nitrogens with one attached hydrogen (secondary N) is 1. The van der Waals surface area contributed by atoms with Crippen molar-refractivity contribution in [2.24, 2.45) is 0 Å². The second-order valence-corrected chi connectivity index (χ2v) is 5.98. The van der Waals surface area contributed by atoms with Gasteiger partial charge in [0, 0.05) is 16.2 Å². The SMILES string of the molecule is OC(C=Cc1ccc(Cc2ccc(F)cc2)s1)c1ncn[nH]1. The fraction of sp³-hybridized carbons (Fsp3) is 0.125. The van der Waals surface area contributed by atoms with Crippen molar-refractivity contribution < 1.29 is 9.50 Å². The second kappa shape index (κ2) is 6.64. The fourth-order valence-corrected chi connectivity index (χ4v) is 2.98. The number of hydrogen-bond donors (Lipinski definition) is 2. The largest absolute Gasteiger partial charge is 0.381 e. The molecule has 3 rings (SSSR count). The molecule has 0 amide bonds. The third kappa shape index (κ3) is 3.66. The number of hydrogen-bond acceptors (Lipinski definition) is 4. The number of halogens is 1. The third-order valence-corrected chi connectivity index (χ3v) is 4.18. The molecule has 6 heteroatoms. The molecule has 3 aromatic rings. The summed E-state index contributed by atoms with van der Waals surface area (Å²) in [6, 6.07) is 10.5. The molecule has 112 valence electrons. The summed E-state index contributed by atoms with van der Waals surface area (Å²) in [5.41, 5.74) is 1.07. The van der Waals surface area contributed by atoms with Crippen molar-refractivity contribution in [1.29, 1.82) is 0 Å². The lowest BCUT2D eigenvalue weighted by Crippen LogP contribution is -1.95. The lowest BCUT2D eigenvalue weighted by Gasteiger charge is -1.99. The van der Waals surface area contributed by atoms with Gasteiger partial charge in [0.05, 0.1) is 0 Å². The summed E-state index contributed by atoms with van der Waals surface area (Å²) in [5, 5.41) is 16.2. The van der Waals surface area contributed by atoms with Crippen LogP contribution in [0.15, 0.2) is 48.8 Å². The summed E-state index contributed by atoms with van der Waals surface area (Å²) in [5.74, 6) is 0.194. The molecule has 2 N–H and O–H groups in total. The molecule has 4 nitrogen and oxygen atoms in total. The third-order valence-electron chi connectivity index (χ3n) is 3.13. The van der Waals surface area contributed by atoms with E-state index in [1.54, 1.807) is 29.5 Å². The van der Waals surface area contributed by atoms with E-state index in [0.717, 1.165) is 16.9 Å². The van der Waals surface area contributed by atoms with Crippen LogP contribution in [-0.4, -0.2) is 20.3 Å². The molecular weight excluding hydrogens is 301 g/mol. The molecule has 1 aromatic carbocycles. The van der Waals surface area contributed by atoms with Crippen LogP contribution in [0.3, 0.4) is 0 Å². The van der Waals surface area contributed by atoms with Gasteiger partial charge >= 0.3 is 0 Å². The first-order chi connectivity index (χ1) is 10.7. The Hall–Kier alpha value is -2.31. The Labute approximate surface area is 131 Å². The zero-order valence-electron chi connectivity index (χ0n) is 11.6. The molecule has 0 saturated heterocycles. The number of aromatic nitrogens is 3. The average Bonchev–Trinajstić information content (AvgIpc) is 3.19. The Balaban J connectivity index is 1.64. The number of nitrogens with zero attached hydrogens (tertiary/aromatic N) is 2. The molecule has 0 bridgehead atoms. The molecule has 0 spiro atoms. The van der Waals surface area contributed by atoms with E-state index >= 15 is 0 Å². The van der Waals surface area contributed by atoms with Crippen LogP contribution in [0, 0.1) is 5.82 Å². The van der Waals surface area contributed by atoms with Crippen molar-refractivity contribution in [3.63, 3.8) is 0 Å². The van der Waals surface area contributed by atoms with Crippen LogP contribution in [0.5, 0.6) is 0 Å². The topological polar surface area (TPSA) is 61.8 Å². The van der Waals surface area contributed by atoms with Gasteiger partial charge in [0.2, 0.25) is 0 Å². The predicted molar refractivity (Wildman–Crippen MR) is 83.9 cm³/mol. The molecule has 2 aromatic heterocycles. The van der Waals surface area contributed by atoms with Gasteiger partial charge in [-0.05, 0) is 42.0 Å². The van der Waals surface area contributed by atoms with Gasteiger partial charge in [-0.1, -0.05) is 12.1 Å². The van der Waals surface area contributed by atoms with Gasteiger partial charge in [-0.2, -0.15) is 5.10 Å². The molecular formula is C16H14FN3OS. The predicted octanol–water partition coefficient (Wildman–Crippen LogP) is 3.34. The first-order valence-corrected chi connectivity index (χ1v) is 7.57. The maximum atomic E-state index is 12.9. The first-order valence-electron chi connectivity index (χ1n) is 6.75. The van der Waals surface area contributed by atoms with E-state index < -0.39 is 6.10 Å². The minimum absolute atomic E-state index is 0.222. The summed E-state index contributed by atoms with van der Waals surface area (Å²) < 4.78 is 12.9. The Kier molecular flexibility index (Phi) is 4.41. The van der Waals surface area contributed by atoms with E-state index in [1.165, 1.54) is 23.3 Å². The highest BCUT2D eigenvalue weighted by Gasteiger charge is 2.06. The van der Waals surface area contributed by atoms with Crippen molar-refractivity contribution in [2.75, 3.05) is 0 Å². The quantitative estimate of drug-likeness (QED) is 0.759. The number of rotatable bonds is 5. The van der Waals surface area contributed by atoms with Crippen LogP contribution in [0.1, 0.15) is 27.2 Å². The number of benzene rings is 1. The summed E-state index contributed by atoms with van der Waals surface area (Å²) in [4.78, 5) is 6.12. The van der Waals surface area contributed by atoms with Crippen LogP contribution in [0.25, 0.3) is 6.08 Å². The normalized spacial score (nSPS) is 12.8.